The van der Waals surface area contributed by atoms with Crippen molar-refractivity contribution >= 4 is 23.4 Å². The molecule has 0 unspecified atom stereocenters. The molecular weight excluding hydrogens is 241 g/mol. The van der Waals surface area contributed by atoms with Crippen LogP contribution in [0.5, 0.6) is 0 Å². The van der Waals surface area contributed by atoms with Crippen LogP contribution >= 0.6 is 11.8 Å². The minimum atomic E-state index is -0.288. The third-order valence-corrected chi connectivity index (χ3v) is 3.35. The van der Waals surface area contributed by atoms with Gasteiger partial charge in [-0.15, -0.1) is 11.8 Å². The number of carbonyl (C=O) groups is 1. The number of nitrogens with two attached hydrogens (primary N) is 2. The lowest BCUT2D eigenvalue weighted by atomic mass is 10.2. The van der Waals surface area contributed by atoms with Gasteiger partial charge >= 0.3 is 0 Å². The number of unbranched alkanes of at least 4 members (excludes halogenated alkanes) is 1. The molecule has 0 atom stereocenters. The van der Waals surface area contributed by atoms with Crippen LogP contribution in [0.3, 0.4) is 0 Å². The van der Waals surface area contributed by atoms with E-state index in [2.05, 4.69) is 5.43 Å². The van der Waals surface area contributed by atoms with E-state index in [1.807, 2.05) is 0 Å². The summed E-state index contributed by atoms with van der Waals surface area (Å²) < 4.78 is 12.9. The van der Waals surface area contributed by atoms with Crippen LogP contribution in [0.2, 0.25) is 0 Å². The Morgan fingerprint density at radius 2 is 2.18 bits per heavy atom. The zero-order valence-electron chi connectivity index (χ0n) is 9.41. The molecule has 6 heteroatoms. The molecule has 0 heterocycles. The second-order valence-corrected chi connectivity index (χ2v) is 4.69. The quantitative estimate of drug-likeness (QED) is 0.181. The van der Waals surface area contributed by atoms with Gasteiger partial charge in [0.05, 0.1) is 0 Å². The van der Waals surface area contributed by atoms with E-state index in [0.717, 1.165) is 23.5 Å². The summed E-state index contributed by atoms with van der Waals surface area (Å²) in [7, 11) is 0. The van der Waals surface area contributed by atoms with Crippen molar-refractivity contribution in [2.75, 3.05) is 11.5 Å². The van der Waals surface area contributed by atoms with Crippen molar-refractivity contribution in [2.24, 2.45) is 5.84 Å². The van der Waals surface area contributed by atoms with Gasteiger partial charge in [0.2, 0.25) is 5.91 Å². The summed E-state index contributed by atoms with van der Waals surface area (Å²) in [6, 6.07) is 4.32. The number of nitrogen functional groups attached to an aromatic ring is 1. The third-order valence-electron chi connectivity index (χ3n) is 2.19. The summed E-state index contributed by atoms with van der Waals surface area (Å²) in [5.41, 5.74) is 8.36. The van der Waals surface area contributed by atoms with Gasteiger partial charge in [-0.3, -0.25) is 10.2 Å². The van der Waals surface area contributed by atoms with Crippen molar-refractivity contribution < 1.29 is 9.18 Å². The molecule has 0 saturated carbocycles. The molecule has 0 radical (unpaired) electrons. The lowest BCUT2D eigenvalue weighted by Crippen LogP contribution is -2.29. The lowest BCUT2D eigenvalue weighted by molar-refractivity contribution is -0.121. The Hall–Kier alpha value is -1.27. The highest BCUT2D eigenvalue weighted by Gasteiger charge is 2.02. The van der Waals surface area contributed by atoms with E-state index >= 15 is 0 Å². The Morgan fingerprint density at radius 1 is 1.41 bits per heavy atom. The third kappa shape index (κ3) is 5.06. The van der Waals surface area contributed by atoms with Gasteiger partial charge in [0, 0.05) is 17.0 Å². The largest absolute Gasteiger partial charge is 0.398 e. The van der Waals surface area contributed by atoms with Crippen LogP contribution in [-0.2, 0) is 4.79 Å². The number of benzene rings is 1. The maximum absolute atomic E-state index is 12.9. The summed E-state index contributed by atoms with van der Waals surface area (Å²) in [6.07, 6.45) is 2.02. The number of amides is 1. The van der Waals surface area contributed by atoms with E-state index in [1.165, 1.54) is 23.9 Å². The first-order chi connectivity index (χ1) is 8.13. The topological polar surface area (TPSA) is 81.1 Å². The van der Waals surface area contributed by atoms with Crippen molar-refractivity contribution in [3.63, 3.8) is 0 Å². The zero-order valence-corrected chi connectivity index (χ0v) is 10.2. The van der Waals surface area contributed by atoms with Crippen molar-refractivity contribution in [1.82, 2.24) is 5.43 Å². The highest BCUT2D eigenvalue weighted by Crippen LogP contribution is 2.26. The molecule has 0 aromatic heterocycles. The van der Waals surface area contributed by atoms with Gasteiger partial charge in [-0.25, -0.2) is 10.2 Å². The molecule has 0 fully saturated rings. The molecular formula is C11H16FN3OS. The minimum Gasteiger partial charge on any atom is -0.398 e. The fourth-order valence-corrected chi connectivity index (χ4v) is 2.27. The highest BCUT2D eigenvalue weighted by molar-refractivity contribution is 7.99. The monoisotopic (exact) mass is 257 g/mol. The molecule has 17 heavy (non-hydrogen) atoms. The van der Waals surface area contributed by atoms with Crippen molar-refractivity contribution in [1.29, 1.82) is 0 Å². The fraction of sp³-hybridized carbons (Fsp3) is 0.364. The predicted octanol–water partition coefficient (Wildman–Crippen LogP) is 1.66. The normalized spacial score (nSPS) is 10.2. The Morgan fingerprint density at radius 3 is 2.88 bits per heavy atom. The van der Waals surface area contributed by atoms with Gasteiger partial charge in [-0.1, -0.05) is 0 Å². The van der Waals surface area contributed by atoms with Crippen LogP contribution in [-0.4, -0.2) is 11.7 Å². The zero-order chi connectivity index (χ0) is 12.7. The molecule has 0 aliphatic heterocycles. The standard InChI is InChI=1S/C11H16FN3OS/c12-8-4-5-9(13)10(7-8)17-6-2-1-3-11(16)15-14/h4-5,7H,1-3,6,13-14H2,(H,15,16). The number of hydrogen-bond acceptors (Lipinski definition) is 4. The molecule has 1 aromatic carbocycles. The average Bonchev–Trinajstić information content (AvgIpc) is 2.32. The van der Waals surface area contributed by atoms with E-state index < -0.39 is 0 Å². The molecule has 0 bridgehead atoms. The van der Waals surface area contributed by atoms with Gasteiger partial charge in [-0.2, -0.15) is 0 Å². The molecule has 4 nitrogen and oxygen atoms in total. The van der Waals surface area contributed by atoms with E-state index in [-0.39, 0.29) is 11.7 Å². The average molecular weight is 257 g/mol. The number of anilines is 1. The number of halogens is 1. The van der Waals surface area contributed by atoms with Gasteiger partial charge < -0.3 is 5.73 Å². The van der Waals surface area contributed by atoms with Crippen LogP contribution in [0.4, 0.5) is 10.1 Å². The maximum atomic E-state index is 12.9. The maximum Gasteiger partial charge on any atom is 0.233 e. The minimum absolute atomic E-state index is 0.166. The van der Waals surface area contributed by atoms with Crippen LogP contribution in [0.25, 0.3) is 0 Å². The van der Waals surface area contributed by atoms with Crippen molar-refractivity contribution in [3.05, 3.63) is 24.0 Å². The summed E-state index contributed by atoms with van der Waals surface area (Å²) in [5, 5.41) is 0. The molecule has 1 rings (SSSR count). The summed E-state index contributed by atoms with van der Waals surface area (Å²) in [4.78, 5) is 11.6. The smallest absolute Gasteiger partial charge is 0.233 e. The predicted molar refractivity (Wildman–Crippen MR) is 67.7 cm³/mol. The Kier molecular flexibility index (Phi) is 5.79. The Bertz CT molecular complexity index is 387. The molecule has 0 aliphatic carbocycles. The number of rotatable bonds is 6. The number of hydrazine groups is 1. The van der Waals surface area contributed by atoms with Gasteiger partial charge in [0.25, 0.3) is 0 Å². The van der Waals surface area contributed by atoms with E-state index in [1.54, 1.807) is 6.07 Å². The summed E-state index contributed by atoms with van der Waals surface area (Å²) in [6.45, 7) is 0. The van der Waals surface area contributed by atoms with Crippen LogP contribution in [0, 0.1) is 5.82 Å². The fourth-order valence-electron chi connectivity index (χ4n) is 1.28. The number of thioether (sulfide) groups is 1. The molecule has 0 aliphatic rings. The molecule has 5 N–H and O–H groups in total. The first kappa shape index (κ1) is 13.8. The summed E-state index contributed by atoms with van der Waals surface area (Å²) in [5.74, 6) is 5.29. The Balaban J connectivity index is 2.26. The second kappa shape index (κ2) is 7.13. The van der Waals surface area contributed by atoms with E-state index in [0.29, 0.717) is 12.1 Å². The summed E-state index contributed by atoms with van der Waals surface area (Å²) >= 11 is 1.49. The number of hydrogen-bond donors (Lipinski definition) is 3. The van der Waals surface area contributed by atoms with E-state index in [4.69, 9.17) is 11.6 Å². The number of nitrogens with one attached hydrogen (secondary N) is 1. The molecule has 1 aromatic rings. The molecule has 0 saturated heterocycles. The lowest BCUT2D eigenvalue weighted by Gasteiger charge is -2.05. The highest BCUT2D eigenvalue weighted by atomic mass is 32.2. The molecule has 94 valence electrons. The van der Waals surface area contributed by atoms with Crippen LogP contribution in [0.15, 0.2) is 23.1 Å². The van der Waals surface area contributed by atoms with Crippen molar-refractivity contribution in [3.8, 4) is 0 Å². The Labute approximate surface area is 104 Å². The van der Waals surface area contributed by atoms with Gasteiger partial charge in [0.1, 0.15) is 5.82 Å². The van der Waals surface area contributed by atoms with Crippen LogP contribution < -0.4 is 17.0 Å². The first-order valence-electron chi connectivity index (χ1n) is 5.30. The SMILES string of the molecule is NNC(=O)CCCCSc1cc(F)ccc1N. The molecule has 1 amide bonds. The van der Waals surface area contributed by atoms with Crippen molar-refractivity contribution in [2.45, 2.75) is 24.2 Å². The number of carbonyl (C=O) groups excluding carboxylic acids is 1. The van der Waals surface area contributed by atoms with Gasteiger partial charge in [-0.05, 0) is 36.8 Å². The second-order valence-electron chi connectivity index (χ2n) is 3.56. The molecule has 0 spiro atoms. The first-order valence-corrected chi connectivity index (χ1v) is 6.29. The van der Waals surface area contributed by atoms with E-state index in [9.17, 15) is 9.18 Å². The van der Waals surface area contributed by atoms with Gasteiger partial charge in [0.15, 0.2) is 0 Å². The van der Waals surface area contributed by atoms with Crippen LogP contribution in [0.1, 0.15) is 19.3 Å².